The molecule has 2 heterocycles. The Hall–Kier alpha value is -2.12. The maximum Gasteiger partial charge on any atom is 0.253 e. The molecule has 37 heavy (non-hydrogen) atoms. The molecule has 5 rings (SSSR count). The van der Waals surface area contributed by atoms with Gasteiger partial charge in [0, 0.05) is 53.8 Å². The molecule has 1 saturated carbocycles. The summed E-state index contributed by atoms with van der Waals surface area (Å²) in [5.41, 5.74) is 3.26. The van der Waals surface area contributed by atoms with Crippen LogP contribution in [0.4, 0.5) is 0 Å². The van der Waals surface area contributed by atoms with Gasteiger partial charge in [0.15, 0.2) is 0 Å². The van der Waals surface area contributed by atoms with E-state index in [0.717, 1.165) is 61.8 Å². The van der Waals surface area contributed by atoms with E-state index in [1.54, 1.807) is 0 Å². The summed E-state index contributed by atoms with van der Waals surface area (Å²) < 4.78 is 5.46. The highest BCUT2D eigenvalue weighted by molar-refractivity contribution is 6.36. The zero-order valence-electron chi connectivity index (χ0n) is 21.0. The first kappa shape index (κ1) is 26.5. The van der Waals surface area contributed by atoms with Crippen LogP contribution in [-0.2, 0) is 16.0 Å². The van der Waals surface area contributed by atoms with E-state index < -0.39 is 0 Å². The fourth-order valence-corrected chi connectivity index (χ4v) is 6.47. The van der Waals surface area contributed by atoms with Crippen molar-refractivity contribution in [2.24, 2.45) is 5.92 Å². The van der Waals surface area contributed by atoms with Crippen molar-refractivity contribution in [3.8, 4) is 11.1 Å². The highest BCUT2D eigenvalue weighted by Crippen LogP contribution is 2.36. The lowest BCUT2D eigenvalue weighted by Gasteiger charge is -2.33. The Morgan fingerprint density at radius 1 is 0.919 bits per heavy atom. The van der Waals surface area contributed by atoms with Crippen LogP contribution in [0.3, 0.4) is 0 Å². The third kappa shape index (κ3) is 5.98. The Bertz CT molecular complexity index is 1100. The Labute approximate surface area is 228 Å². The van der Waals surface area contributed by atoms with E-state index in [4.69, 9.17) is 27.9 Å². The van der Waals surface area contributed by atoms with Gasteiger partial charge in [0.05, 0.1) is 12.7 Å². The molecule has 2 aliphatic heterocycles. The number of hydrogen-bond acceptors (Lipinski definition) is 4. The molecule has 0 bridgehead atoms. The monoisotopic (exact) mass is 544 g/mol. The van der Waals surface area contributed by atoms with Crippen molar-refractivity contribution in [2.75, 3.05) is 32.8 Å². The second-order valence-electron chi connectivity index (χ2n) is 10.4. The molecule has 0 aromatic heterocycles. The molecule has 2 saturated heterocycles. The summed E-state index contributed by atoms with van der Waals surface area (Å²) in [5.74, 6) is 0.0688. The van der Waals surface area contributed by atoms with E-state index in [1.165, 1.54) is 0 Å². The Morgan fingerprint density at radius 2 is 1.62 bits per heavy atom. The van der Waals surface area contributed by atoms with Crippen LogP contribution in [0, 0.1) is 5.92 Å². The number of hydrogen-bond donors (Lipinski definition) is 1. The molecular formula is C29H34Cl2N2O4. The zero-order valence-corrected chi connectivity index (χ0v) is 22.5. The molecule has 8 heteroatoms. The standard InChI is InChI=1S/C29H34Cl2N2O4/c30-26-17-22(19-2-4-20(5-3-19)28(35)32-11-1-14-37-15-13-32)18-27(31)25(26)16-21-10-12-33(29(21)36)23-6-8-24(34)9-7-23/h2-5,17-18,21,23-24,34H,1,6-16H2. The third-order valence-corrected chi connectivity index (χ3v) is 8.70. The maximum atomic E-state index is 13.2. The summed E-state index contributed by atoms with van der Waals surface area (Å²) >= 11 is 13.4. The quantitative estimate of drug-likeness (QED) is 0.560. The third-order valence-electron chi connectivity index (χ3n) is 8.02. The van der Waals surface area contributed by atoms with Crippen molar-refractivity contribution in [1.29, 1.82) is 0 Å². The second-order valence-corrected chi connectivity index (χ2v) is 11.3. The summed E-state index contributed by atoms with van der Waals surface area (Å²) in [4.78, 5) is 29.9. The molecule has 3 aliphatic rings. The van der Waals surface area contributed by atoms with E-state index >= 15 is 0 Å². The highest BCUT2D eigenvalue weighted by Gasteiger charge is 2.37. The summed E-state index contributed by atoms with van der Waals surface area (Å²) in [7, 11) is 0. The topological polar surface area (TPSA) is 70.1 Å². The fourth-order valence-electron chi connectivity index (χ4n) is 5.83. The molecule has 198 valence electrons. The van der Waals surface area contributed by atoms with Crippen LogP contribution >= 0.6 is 23.2 Å². The van der Waals surface area contributed by atoms with Crippen LogP contribution in [0.25, 0.3) is 11.1 Å². The molecule has 3 fully saturated rings. The molecule has 1 aliphatic carbocycles. The normalized spacial score (nSPS) is 24.8. The smallest absolute Gasteiger partial charge is 0.253 e. The van der Waals surface area contributed by atoms with Crippen LogP contribution in [0.5, 0.6) is 0 Å². The van der Waals surface area contributed by atoms with Gasteiger partial charge < -0.3 is 19.6 Å². The van der Waals surface area contributed by atoms with Gasteiger partial charge in [-0.1, -0.05) is 35.3 Å². The van der Waals surface area contributed by atoms with Crippen LogP contribution in [0.2, 0.25) is 10.0 Å². The van der Waals surface area contributed by atoms with Gasteiger partial charge >= 0.3 is 0 Å². The number of benzene rings is 2. The van der Waals surface area contributed by atoms with Crippen LogP contribution in [-0.4, -0.2) is 71.7 Å². The molecule has 6 nitrogen and oxygen atoms in total. The van der Waals surface area contributed by atoms with Gasteiger partial charge in [-0.15, -0.1) is 0 Å². The predicted molar refractivity (Wildman–Crippen MR) is 145 cm³/mol. The summed E-state index contributed by atoms with van der Waals surface area (Å²) in [6.45, 7) is 3.34. The van der Waals surface area contributed by atoms with Gasteiger partial charge in [-0.25, -0.2) is 0 Å². The van der Waals surface area contributed by atoms with E-state index in [9.17, 15) is 14.7 Å². The molecule has 2 amide bonds. The zero-order chi connectivity index (χ0) is 25.9. The number of amides is 2. The lowest BCUT2D eigenvalue weighted by Crippen LogP contribution is -2.41. The van der Waals surface area contributed by atoms with E-state index in [2.05, 4.69) is 0 Å². The first-order valence-corrected chi connectivity index (χ1v) is 14.1. The fraction of sp³-hybridized carbons (Fsp3) is 0.517. The van der Waals surface area contributed by atoms with Crippen molar-refractivity contribution < 1.29 is 19.4 Å². The van der Waals surface area contributed by atoms with E-state index in [0.29, 0.717) is 48.3 Å². The lowest BCUT2D eigenvalue weighted by molar-refractivity contribution is -0.133. The van der Waals surface area contributed by atoms with Crippen LogP contribution in [0.15, 0.2) is 36.4 Å². The molecule has 0 spiro atoms. The van der Waals surface area contributed by atoms with Crippen molar-refractivity contribution in [2.45, 2.75) is 57.1 Å². The Morgan fingerprint density at radius 3 is 2.32 bits per heavy atom. The van der Waals surface area contributed by atoms with Crippen molar-refractivity contribution in [3.05, 3.63) is 57.6 Å². The minimum Gasteiger partial charge on any atom is -0.393 e. The molecular weight excluding hydrogens is 511 g/mol. The number of aliphatic hydroxyl groups is 1. The van der Waals surface area contributed by atoms with E-state index in [-0.39, 0.29) is 29.9 Å². The van der Waals surface area contributed by atoms with Gasteiger partial charge in [-0.3, -0.25) is 9.59 Å². The number of halogens is 2. The molecule has 0 radical (unpaired) electrons. The van der Waals surface area contributed by atoms with E-state index in [1.807, 2.05) is 46.2 Å². The number of carbonyl (C=O) groups excluding carboxylic acids is 2. The first-order chi connectivity index (χ1) is 17.9. The van der Waals surface area contributed by atoms with Crippen LogP contribution in [0.1, 0.15) is 54.4 Å². The molecule has 1 N–H and O–H groups in total. The Kier molecular flexibility index (Phi) is 8.40. The van der Waals surface area contributed by atoms with Crippen LogP contribution < -0.4 is 0 Å². The summed E-state index contributed by atoms with van der Waals surface area (Å²) in [5, 5.41) is 10.9. The highest BCUT2D eigenvalue weighted by atomic mass is 35.5. The van der Waals surface area contributed by atoms with Crippen molar-refractivity contribution >= 4 is 35.0 Å². The average Bonchev–Trinajstić information content (AvgIpc) is 3.08. The van der Waals surface area contributed by atoms with Crippen molar-refractivity contribution in [3.63, 3.8) is 0 Å². The van der Waals surface area contributed by atoms with Gasteiger partial charge in [-0.2, -0.15) is 0 Å². The molecule has 2 aromatic rings. The summed E-state index contributed by atoms with van der Waals surface area (Å²) in [6.07, 6.45) is 5.20. The first-order valence-electron chi connectivity index (χ1n) is 13.3. The number of ether oxygens (including phenoxy) is 1. The maximum absolute atomic E-state index is 13.2. The molecule has 1 unspecified atom stereocenters. The van der Waals surface area contributed by atoms with Gasteiger partial charge in [-0.05, 0) is 85.9 Å². The van der Waals surface area contributed by atoms with Gasteiger partial charge in [0.25, 0.3) is 5.91 Å². The SMILES string of the molecule is O=C(c1ccc(-c2cc(Cl)c(CC3CCN(C4CCC(O)CC4)C3=O)c(Cl)c2)cc1)N1CCCOCC1. The number of aliphatic hydroxyl groups excluding tert-OH is 1. The average molecular weight is 546 g/mol. The number of carbonyl (C=O) groups is 2. The minimum atomic E-state index is -0.230. The molecule has 2 aromatic carbocycles. The second kappa shape index (κ2) is 11.7. The predicted octanol–water partition coefficient (Wildman–Crippen LogP) is 5.22. The lowest BCUT2D eigenvalue weighted by atomic mass is 9.92. The number of likely N-dealkylation sites (tertiary alicyclic amines) is 1. The molecule has 1 atom stereocenters. The largest absolute Gasteiger partial charge is 0.393 e. The van der Waals surface area contributed by atoms with Crippen molar-refractivity contribution in [1.82, 2.24) is 9.80 Å². The number of rotatable bonds is 5. The summed E-state index contributed by atoms with van der Waals surface area (Å²) in [6, 6.07) is 11.5. The number of nitrogens with zero attached hydrogens (tertiary/aromatic N) is 2. The minimum absolute atomic E-state index is 0.0168. The van der Waals surface area contributed by atoms with Gasteiger partial charge in [0.1, 0.15) is 0 Å². The van der Waals surface area contributed by atoms with Gasteiger partial charge in [0.2, 0.25) is 5.91 Å². The Balaban J connectivity index is 1.25.